The quantitative estimate of drug-likeness (QED) is 0.814. The van der Waals surface area contributed by atoms with Gasteiger partial charge in [-0.05, 0) is 42.8 Å². The van der Waals surface area contributed by atoms with Crippen LogP contribution in [0, 0.1) is 6.92 Å². The highest BCUT2D eigenvalue weighted by Crippen LogP contribution is 2.11. The Bertz CT molecular complexity index is 813. The van der Waals surface area contributed by atoms with Crippen LogP contribution in [0.2, 0.25) is 5.02 Å². The smallest absolute Gasteiger partial charge is 0.266 e. The molecule has 2 N–H and O–H groups in total. The number of sulfonamides is 1. The minimum Gasteiger partial charge on any atom is -0.274 e. The molecule has 0 fully saturated rings. The van der Waals surface area contributed by atoms with Gasteiger partial charge in [0, 0.05) is 16.0 Å². The number of hydrogen-bond donors (Lipinski definition) is 2. The fraction of sp³-hybridized carbons (Fsp3) is 0.0625. The molecule has 0 aliphatic carbocycles. The monoisotopic (exact) mass is 350 g/mol. The third kappa shape index (κ3) is 5.52. The number of aryl methyl sites for hydroxylation is 1. The zero-order valence-electron chi connectivity index (χ0n) is 12.3. The lowest BCUT2D eigenvalue weighted by atomic mass is 10.1. The zero-order valence-corrected chi connectivity index (χ0v) is 13.9. The van der Waals surface area contributed by atoms with Gasteiger partial charge in [-0.15, -0.1) is 4.83 Å². The van der Waals surface area contributed by atoms with E-state index >= 15 is 0 Å². The van der Waals surface area contributed by atoms with Crippen molar-refractivity contribution in [3.05, 3.63) is 75.7 Å². The summed E-state index contributed by atoms with van der Waals surface area (Å²) >= 11 is 5.75. The Labute approximate surface area is 140 Å². The average Bonchev–Trinajstić information content (AvgIpc) is 2.53. The van der Waals surface area contributed by atoms with E-state index in [9.17, 15) is 13.2 Å². The van der Waals surface area contributed by atoms with E-state index in [2.05, 4.69) is 5.43 Å². The van der Waals surface area contributed by atoms with Crippen LogP contribution in [-0.4, -0.2) is 14.3 Å². The molecule has 0 unspecified atom stereocenters. The van der Waals surface area contributed by atoms with Crippen molar-refractivity contribution in [2.24, 2.45) is 0 Å². The molecule has 7 heteroatoms. The summed E-state index contributed by atoms with van der Waals surface area (Å²) in [6.45, 7) is 1.89. The molecule has 5 nitrogen and oxygen atoms in total. The predicted octanol–water partition coefficient (Wildman–Crippen LogP) is 2.88. The second kappa shape index (κ2) is 7.41. The number of amides is 1. The van der Waals surface area contributed by atoms with E-state index in [0.717, 1.165) is 11.0 Å². The molecular weight excluding hydrogens is 336 g/mol. The molecule has 2 rings (SSSR count). The van der Waals surface area contributed by atoms with Crippen LogP contribution in [-0.2, 0) is 10.0 Å². The van der Waals surface area contributed by atoms with Gasteiger partial charge in [0.2, 0.25) is 0 Å². The highest BCUT2D eigenvalue weighted by atomic mass is 35.5. The second-order valence-corrected chi connectivity index (χ2v) is 6.82. The molecular formula is C16H15ClN2O3S. The first-order chi connectivity index (χ1) is 10.9. The van der Waals surface area contributed by atoms with Gasteiger partial charge in [-0.25, -0.2) is 8.42 Å². The fourth-order valence-electron chi connectivity index (χ4n) is 1.67. The Morgan fingerprint density at radius 3 is 2.26 bits per heavy atom. The number of nitrogens with one attached hydrogen (secondary N) is 2. The lowest BCUT2D eigenvalue weighted by Crippen LogP contribution is -2.40. The van der Waals surface area contributed by atoms with Gasteiger partial charge in [-0.3, -0.25) is 10.2 Å². The van der Waals surface area contributed by atoms with Crippen molar-refractivity contribution >= 4 is 33.6 Å². The summed E-state index contributed by atoms with van der Waals surface area (Å²) in [5.74, 6) is -0.534. The Morgan fingerprint density at radius 1 is 1.04 bits per heavy atom. The van der Waals surface area contributed by atoms with E-state index in [1.54, 1.807) is 48.5 Å². The third-order valence-corrected chi connectivity index (χ3v) is 4.06. The lowest BCUT2D eigenvalue weighted by Gasteiger charge is -2.06. The number of hydrogen-bond acceptors (Lipinski definition) is 3. The Morgan fingerprint density at radius 2 is 1.65 bits per heavy atom. The number of carbonyl (C=O) groups excluding carboxylic acids is 1. The van der Waals surface area contributed by atoms with E-state index in [0.29, 0.717) is 16.1 Å². The maximum atomic E-state index is 11.8. The molecule has 0 spiro atoms. The molecule has 1 amide bonds. The molecule has 0 aromatic heterocycles. The van der Waals surface area contributed by atoms with Gasteiger partial charge in [0.1, 0.15) is 0 Å². The van der Waals surface area contributed by atoms with Gasteiger partial charge in [-0.2, -0.15) is 0 Å². The first-order valence-electron chi connectivity index (χ1n) is 6.68. The first kappa shape index (κ1) is 17.2. The van der Waals surface area contributed by atoms with Gasteiger partial charge in [0.25, 0.3) is 15.9 Å². The van der Waals surface area contributed by atoms with Gasteiger partial charge in [0.15, 0.2) is 0 Å². The van der Waals surface area contributed by atoms with E-state index in [1.807, 2.05) is 11.8 Å². The van der Waals surface area contributed by atoms with Crippen LogP contribution < -0.4 is 10.3 Å². The molecule has 0 aliphatic rings. The topological polar surface area (TPSA) is 75.3 Å². The zero-order chi connectivity index (χ0) is 16.9. The molecule has 0 aliphatic heterocycles. The lowest BCUT2D eigenvalue weighted by molar-refractivity contribution is 0.0945. The number of hydrazine groups is 1. The van der Waals surface area contributed by atoms with Gasteiger partial charge in [0.05, 0.1) is 0 Å². The highest BCUT2D eigenvalue weighted by Gasteiger charge is 2.09. The minimum atomic E-state index is -3.80. The SMILES string of the molecule is Cc1ccc(C(=O)NNS(=O)(=O)/C=C/c2ccc(Cl)cc2)cc1. The largest absolute Gasteiger partial charge is 0.274 e. The molecule has 23 heavy (non-hydrogen) atoms. The maximum absolute atomic E-state index is 11.8. The Hall–Kier alpha value is -2.15. The number of carbonyl (C=O) groups is 1. The van der Waals surface area contributed by atoms with Crippen LogP contribution in [0.5, 0.6) is 0 Å². The van der Waals surface area contributed by atoms with Crippen molar-refractivity contribution in [2.45, 2.75) is 6.92 Å². The molecule has 0 bridgehead atoms. The van der Waals surface area contributed by atoms with Crippen LogP contribution in [0.15, 0.2) is 53.9 Å². The molecule has 0 radical (unpaired) electrons. The van der Waals surface area contributed by atoms with Crippen LogP contribution in [0.3, 0.4) is 0 Å². The summed E-state index contributed by atoms with van der Waals surface area (Å²) in [7, 11) is -3.80. The molecule has 0 saturated heterocycles. The number of halogens is 1. The summed E-state index contributed by atoms with van der Waals surface area (Å²) in [6.07, 6.45) is 1.40. The van der Waals surface area contributed by atoms with Crippen molar-refractivity contribution in [2.75, 3.05) is 0 Å². The van der Waals surface area contributed by atoms with Gasteiger partial charge >= 0.3 is 0 Å². The van der Waals surface area contributed by atoms with Crippen LogP contribution in [0.25, 0.3) is 6.08 Å². The van der Waals surface area contributed by atoms with Crippen molar-refractivity contribution in [3.8, 4) is 0 Å². The maximum Gasteiger partial charge on any atom is 0.266 e. The molecule has 0 heterocycles. The van der Waals surface area contributed by atoms with Crippen molar-refractivity contribution in [1.82, 2.24) is 10.3 Å². The minimum absolute atomic E-state index is 0.361. The molecule has 0 saturated carbocycles. The number of rotatable bonds is 5. The summed E-state index contributed by atoms with van der Waals surface area (Å²) in [6, 6.07) is 13.4. The Kier molecular flexibility index (Phi) is 5.54. The summed E-state index contributed by atoms with van der Waals surface area (Å²) in [5, 5.41) is 1.53. The summed E-state index contributed by atoms with van der Waals surface area (Å²) in [4.78, 5) is 13.9. The van der Waals surface area contributed by atoms with Gasteiger partial charge in [-0.1, -0.05) is 41.4 Å². The van der Waals surface area contributed by atoms with Crippen molar-refractivity contribution in [3.63, 3.8) is 0 Å². The predicted molar refractivity (Wildman–Crippen MR) is 91.2 cm³/mol. The van der Waals surface area contributed by atoms with Crippen LogP contribution in [0.1, 0.15) is 21.5 Å². The fourth-order valence-corrected chi connectivity index (χ4v) is 2.44. The van der Waals surface area contributed by atoms with E-state index in [4.69, 9.17) is 11.6 Å². The van der Waals surface area contributed by atoms with Crippen molar-refractivity contribution < 1.29 is 13.2 Å². The van der Waals surface area contributed by atoms with E-state index in [1.165, 1.54) is 6.08 Å². The van der Waals surface area contributed by atoms with E-state index < -0.39 is 15.9 Å². The first-order valence-corrected chi connectivity index (χ1v) is 8.61. The summed E-state index contributed by atoms with van der Waals surface area (Å²) < 4.78 is 23.6. The number of benzene rings is 2. The van der Waals surface area contributed by atoms with Crippen LogP contribution in [0.4, 0.5) is 0 Å². The molecule has 0 atom stereocenters. The molecule has 2 aromatic rings. The highest BCUT2D eigenvalue weighted by molar-refractivity contribution is 7.92. The van der Waals surface area contributed by atoms with E-state index in [-0.39, 0.29) is 0 Å². The normalized spacial score (nSPS) is 11.6. The summed E-state index contributed by atoms with van der Waals surface area (Å²) in [5.41, 5.74) is 4.19. The second-order valence-electron chi connectivity index (χ2n) is 4.82. The Balaban J connectivity index is 1.97. The van der Waals surface area contributed by atoms with Gasteiger partial charge < -0.3 is 0 Å². The average molecular weight is 351 g/mol. The third-order valence-electron chi connectivity index (χ3n) is 2.93. The van der Waals surface area contributed by atoms with Crippen molar-refractivity contribution in [1.29, 1.82) is 0 Å². The molecule has 120 valence electrons. The molecule has 2 aromatic carbocycles. The standard InChI is InChI=1S/C16H15ClN2O3S/c1-12-2-6-14(7-3-12)16(20)18-19-23(21,22)11-10-13-4-8-15(17)9-5-13/h2-11,19H,1H3,(H,18,20)/b11-10+. The van der Waals surface area contributed by atoms with Crippen LogP contribution >= 0.6 is 11.6 Å².